The van der Waals surface area contributed by atoms with Crippen LogP contribution in [0.3, 0.4) is 0 Å². The fourth-order valence-corrected chi connectivity index (χ4v) is 1.80. The Balaban J connectivity index is 2.31. The van der Waals surface area contributed by atoms with E-state index in [4.69, 9.17) is 4.52 Å². The van der Waals surface area contributed by atoms with Crippen molar-refractivity contribution >= 4 is 33.6 Å². The van der Waals surface area contributed by atoms with Gasteiger partial charge in [-0.05, 0) is 12.1 Å². The van der Waals surface area contributed by atoms with E-state index in [1.54, 1.807) is 12.4 Å². The van der Waals surface area contributed by atoms with Gasteiger partial charge in [0.1, 0.15) is 5.52 Å². The molecule has 78 valence electrons. The summed E-state index contributed by atoms with van der Waals surface area (Å²) in [5.74, 6) is 0.468. The number of halogens is 1. The van der Waals surface area contributed by atoms with Crippen molar-refractivity contribution in [3.63, 3.8) is 0 Å². The number of rotatable bonds is 1. The number of hydrogen-bond donors (Lipinski definition) is 0. The van der Waals surface area contributed by atoms with Crippen LogP contribution in [0.2, 0.25) is 0 Å². The molecule has 0 spiro atoms. The van der Waals surface area contributed by atoms with E-state index in [1.807, 2.05) is 40.8 Å². The number of aromatic nitrogens is 4. The van der Waals surface area contributed by atoms with E-state index in [-0.39, 0.29) is 0 Å². The van der Waals surface area contributed by atoms with Crippen LogP contribution >= 0.6 is 22.6 Å². The Kier molecular flexibility index (Phi) is 2.28. The molecule has 16 heavy (non-hydrogen) atoms. The lowest BCUT2D eigenvalue weighted by Crippen LogP contribution is -1.86. The van der Waals surface area contributed by atoms with Crippen molar-refractivity contribution in [1.29, 1.82) is 0 Å². The first-order valence-corrected chi connectivity index (χ1v) is 5.62. The van der Waals surface area contributed by atoms with Gasteiger partial charge < -0.3 is 4.52 Å². The van der Waals surface area contributed by atoms with Crippen molar-refractivity contribution in [2.75, 3.05) is 0 Å². The monoisotopic (exact) mass is 324 g/mol. The molecule has 6 heteroatoms. The number of hydrogen-bond acceptors (Lipinski definition) is 5. The van der Waals surface area contributed by atoms with Crippen molar-refractivity contribution in [1.82, 2.24) is 20.1 Å². The van der Waals surface area contributed by atoms with E-state index >= 15 is 0 Å². The molecule has 0 atom stereocenters. The van der Waals surface area contributed by atoms with Gasteiger partial charge >= 0.3 is 0 Å². The highest BCUT2D eigenvalue weighted by molar-refractivity contribution is 14.1. The predicted molar refractivity (Wildman–Crippen MR) is 65.5 cm³/mol. The lowest BCUT2D eigenvalue weighted by molar-refractivity contribution is 0.426. The van der Waals surface area contributed by atoms with Gasteiger partial charge in [-0.15, -0.1) is 0 Å². The lowest BCUT2D eigenvalue weighted by atomic mass is 10.2. The molecule has 0 saturated carbocycles. The summed E-state index contributed by atoms with van der Waals surface area (Å²) >= 11 is 2.00. The van der Waals surface area contributed by atoms with Gasteiger partial charge in [0.2, 0.25) is 3.83 Å². The highest BCUT2D eigenvalue weighted by Gasteiger charge is 2.11. The quantitative estimate of drug-likeness (QED) is 0.643. The zero-order chi connectivity index (χ0) is 11.0. The highest BCUT2D eigenvalue weighted by Crippen LogP contribution is 2.24. The van der Waals surface area contributed by atoms with Crippen LogP contribution in [0.4, 0.5) is 0 Å². The Morgan fingerprint density at radius 3 is 2.81 bits per heavy atom. The number of nitrogens with zero attached hydrogens (tertiary/aromatic N) is 4. The van der Waals surface area contributed by atoms with Crippen LogP contribution in [-0.2, 0) is 0 Å². The molecule has 5 nitrogen and oxygen atoms in total. The maximum atomic E-state index is 5.12. The lowest BCUT2D eigenvalue weighted by Gasteiger charge is -1.99. The molecule has 0 N–H and O–H groups in total. The van der Waals surface area contributed by atoms with Crippen molar-refractivity contribution in [3.8, 4) is 11.5 Å². The van der Waals surface area contributed by atoms with Gasteiger partial charge in [0.05, 0.1) is 11.1 Å². The topological polar surface area (TPSA) is 64.7 Å². The van der Waals surface area contributed by atoms with Crippen LogP contribution in [0.5, 0.6) is 0 Å². The zero-order valence-corrected chi connectivity index (χ0v) is 10.1. The van der Waals surface area contributed by atoms with Crippen LogP contribution in [-0.4, -0.2) is 20.1 Å². The van der Waals surface area contributed by atoms with Gasteiger partial charge in [0, 0.05) is 35.0 Å². The van der Waals surface area contributed by atoms with Crippen LogP contribution in [0, 0.1) is 3.83 Å². The van der Waals surface area contributed by atoms with E-state index in [9.17, 15) is 0 Å². The molecule has 2 heterocycles. The van der Waals surface area contributed by atoms with Gasteiger partial charge in [-0.3, -0.25) is 9.97 Å². The summed E-state index contributed by atoms with van der Waals surface area (Å²) in [6.07, 6.45) is 3.30. The summed E-state index contributed by atoms with van der Waals surface area (Å²) in [7, 11) is 0. The predicted octanol–water partition coefficient (Wildman–Crippen LogP) is 2.28. The molecular weight excluding hydrogens is 319 g/mol. The molecule has 0 saturated heterocycles. The van der Waals surface area contributed by atoms with E-state index in [2.05, 4.69) is 20.1 Å². The van der Waals surface area contributed by atoms with Crippen LogP contribution in [0.25, 0.3) is 22.5 Å². The van der Waals surface area contributed by atoms with Crippen LogP contribution in [0.15, 0.2) is 35.1 Å². The summed E-state index contributed by atoms with van der Waals surface area (Å²) in [6.45, 7) is 0. The third kappa shape index (κ3) is 1.54. The first kappa shape index (κ1) is 9.64. The minimum atomic E-state index is 0.468. The normalized spacial score (nSPS) is 10.8. The maximum Gasteiger partial charge on any atom is 0.260 e. The summed E-state index contributed by atoms with van der Waals surface area (Å²) in [6, 6.07) is 5.68. The summed E-state index contributed by atoms with van der Waals surface area (Å²) in [4.78, 5) is 12.7. The number of benzene rings is 1. The number of para-hydroxylation sites is 1. The van der Waals surface area contributed by atoms with E-state index in [0.29, 0.717) is 9.72 Å². The van der Waals surface area contributed by atoms with Gasteiger partial charge in [-0.25, -0.2) is 0 Å². The van der Waals surface area contributed by atoms with Crippen molar-refractivity contribution in [2.45, 2.75) is 0 Å². The van der Waals surface area contributed by atoms with Crippen LogP contribution in [0.1, 0.15) is 0 Å². The van der Waals surface area contributed by atoms with Crippen molar-refractivity contribution in [2.24, 2.45) is 0 Å². The molecule has 0 fully saturated rings. The van der Waals surface area contributed by atoms with E-state index < -0.39 is 0 Å². The molecule has 3 aromatic rings. The fraction of sp³-hybridized carbons (Fsp3) is 0. The molecule has 0 aliphatic rings. The minimum absolute atomic E-state index is 0.468. The third-order valence-corrected chi connectivity index (χ3v) is 2.57. The summed E-state index contributed by atoms with van der Waals surface area (Å²) in [5, 5.41) is 3.75. The Morgan fingerprint density at radius 2 is 2.00 bits per heavy atom. The van der Waals surface area contributed by atoms with E-state index in [0.717, 1.165) is 16.6 Å². The SMILES string of the molecule is Ic1noc(-c2cccc3nccnc23)n1. The molecule has 0 unspecified atom stereocenters. The minimum Gasteiger partial charge on any atom is -0.333 e. The first-order chi connectivity index (χ1) is 7.84. The summed E-state index contributed by atoms with van der Waals surface area (Å²) < 4.78 is 5.70. The Bertz CT molecular complexity index is 647. The summed E-state index contributed by atoms with van der Waals surface area (Å²) in [5.41, 5.74) is 2.39. The molecule has 0 aliphatic carbocycles. The largest absolute Gasteiger partial charge is 0.333 e. The molecule has 0 aliphatic heterocycles. The Hall–Kier alpha value is -1.57. The van der Waals surface area contributed by atoms with Gasteiger partial charge in [-0.2, -0.15) is 4.98 Å². The fourth-order valence-electron chi connectivity index (χ4n) is 1.48. The molecule has 0 amide bonds. The molecule has 2 aromatic heterocycles. The molecular formula is C10H5IN4O. The Morgan fingerprint density at radius 1 is 1.12 bits per heavy atom. The molecule has 0 radical (unpaired) electrons. The van der Waals surface area contributed by atoms with Gasteiger partial charge in [-0.1, -0.05) is 11.2 Å². The zero-order valence-electron chi connectivity index (χ0n) is 7.96. The van der Waals surface area contributed by atoms with Gasteiger partial charge in [0.15, 0.2) is 0 Å². The van der Waals surface area contributed by atoms with E-state index in [1.165, 1.54) is 0 Å². The van der Waals surface area contributed by atoms with Gasteiger partial charge in [0.25, 0.3) is 5.89 Å². The van der Waals surface area contributed by atoms with Crippen LogP contribution < -0.4 is 0 Å². The van der Waals surface area contributed by atoms with Crippen molar-refractivity contribution in [3.05, 3.63) is 34.4 Å². The average Bonchev–Trinajstić information content (AvgIpc) is 2.75. The molecule has 0 bridgehead atoms. The second kappa shape index (κ2) is 3.78. The molecule has 1 aromatic carbocycles. The average molecular weight is 324 g/mol. The van der Waals surface area contributed by atoms with Crippen molar-refractivity contribution < 1.29 is 4.52 Å². The third-order valence-electron chi connectivity index (χ3n) is 2.13. The standard InChI is InChI=1S/C10H5IN4O/c11-10-14-9(16-15-10)6-2-1-3-7-8(6)13-5-4-12-7/h1-5H. The second-order valence-corrected chi connectivity index (χ2v) is 4.06. The second-order valence-electron chi connectivity index (χ2n) is 3.10. The number of fused-ring (bicyclic) bond motifs is 1. The smallest absolute Gasteiger partial charge is 0.260 e. The maximum absolute atomic E-state index is 5.12. The highest BCUT2D eigenvalue weighted by atomic mass is 127. The Labute approximate surface area is 104 Å². The first-order valence-electron chi connectivity index (χ1n) is 4.54. The molecule has 3 rings (SSSR count).